The van der Waals surface area contributed by atoms with Crippen LogP contribution in [-0.2, 0) is 68.6 Å². The molecular formula is C61H87N9O16. The number of esters is 1. The summed E-state index contributed by atoms with van der Waals surface area (Å²) in [6.07, 6.45) is 12.3. The minimum atomic E-state index is -1.07. The molecule has 0 unspecified atom stereocenters. The number of unbranched alkanes of at least 4 members (excludes halogenated alkanes) is 2. The minimum Gasteiger partial charge on any atom is -0.459 e. The molecule has 10 amide bonds. The maximum atomic E-state index is 13.6. The number of allylic oxidation sites excluding steroid dienone is 2. The highest BCUT2D eigenvalue weighted by molar-refractivity contribution is 6.12. The maximum Gasteiger partial charge on any atom is 0.407 e. The third-order valence-corrected chi connectivity index (χ3v) is 15.8. The van der Waals surface area contributed by atoms with Crippen molar-refractivity contribution in [1.82, 2.24) is 36.8 Å². The van der Waals surface area contributed by atoms with Gasteiger partial charge in [-0.05, 0) is 108 Å². The van der Waals surface area contributed by atoms with Crippen LogP contribution in [0.4, 0.5) is 15.3 Å². The van der Waals surface area contributed by atoms with E-state index in [0.717, 1.165) is 16.9 Å². The highest BCUT2D eigenvalue weighted by atomic mass is 16.6. The van der Waals surface area contributed by atoms with Gasteiger partial charge in [0.1, 0.15) is 42.6 Å². The maximum absolute atomic E-state index is 13.6. The van der Waals surface area contributed by atoms with Crippen molar-refractivity contribution >= 4 is 65.1 Å². The number of nitrogens with one attached hydrogen (secondary N) is 7. The Balaban J connectivity index is 0.879. The topological polar surface area (TPSA) is 354 Å². The van der Waals surface area contributed by atoms with Crippen LogP contribution in [0.5, 0.6) is 0 Å². The molecule has 25 heteroatoms. The third kappa shape index (κ3) is 21.5. The zero-order valence-electron chi connectivity index (χ0n) is 50.3. The summed E-state index contributed by atoms with van der Waals surface area (Å²) in [5.41, 5.74) is 6.38. The van der Waals surface area contributed by atoms with Crippen molar-refractivity contribution in [2.24, 2.45) is 17.6 Å². The first-order chi connectivity index (χ1) is 40.9. The van der Waals surface area contributed by atoms with E-state index in [2.05, 4.69) is 50.2 Å². The van der Waals surface area contributed by atoms with E-state index in [4.69, 9.17) is 29.4 Å². The van der Waals surface area contributed by atoms with E-state index in [-0.39, 0.29) is 117 Å². The molecule has 4 aliphatic heterocycles. The molecule has 4 heterocycles. The number of carbonyl (C=O) groups is 10. The van der Waals surface area contributed by atoms with Gasteiger partial charge in [0, 0.05) is 68.9 Å². The van der Waals surface area contributed by atoms with Gasteiger partial charge in [-0.15, -0.1) is 0 Å². The Labute approximate surface area is 502 Å². The molecule has 86 heavy (non-hydrogen) atoms. The number of alkyl carbamates (subject to hydrolysis) is 1. The summed E-state index contributed by atoms with van der Waals surface area (Å²) in [4.78, 5) is 126. The highest BCUT2D eigenvalue weighted by Crippen LogP contribution is 2.43. The number of aliphatic hydroxyl groups is 1. The fourth-order valence-electron chi connectivity index (χ4n) is 10.7. The van der Waals surface area contributed by atoms with Crippen molar-refractivity contribution in [2.75, 3.05) is 25.0 Å². The van der Waals surface area contributed by atoms with E-state index in [0.29, 0.717) is 62.8 Å². The predicted octanol–water partition coefficient (Wildman–Crippen LogP) is 3.43. The van der Waals surface area contributed by atoms with E-state index in [1.165, 1.54) is 31.2 Å². The Morgan fingerprint density at radius 3 is 2.21 bits per heavy atom. The van der Waals surface area contributed by atoms with Gasteiger partial charge < -0.3 is 71.7 Å². The number of urea groups is 1. The number of imide groups is 1. The molecular weight excluding hydrogens is 1110 g/mol. The van der Waals surface area contributed by atoms with Crippen molar-refractivity contribution in [2.45, 2.75) is 205 Å². The van der Waals surface area contributed by atoms with Crippen LogP contribution in [0.3, 0.4) is 0 Å². The van der Waals surface area contributed by atoms with Gasteiger partial charge in [0.2, 0.25) is 29.5 Å². The number of hydrogen-bond acceptors (Lipinski definition) is 16. The lowest BCUT2D eigenvalue weighted by molar-refractivity contribution is -0.146. The minimum absolute atomic E-state index is 0.0583. The molecule has 1 aromatic rings. The quantitative estimate of drug-likeness (QED) is 0.0133. The Kier molecular flexibility index (Phi) is 25.4. The van der Waals surface area contributed by atoms with Gasteiger partial charge in [0.05, 0.1) is 37.4 Å². The summed E-state index contributed by atoms with van der Waals surface area (Å²) >= 11 is 0. The van der Waals surface area contributed by atoms with Crippen LogP contribution in [0.25, 0.3) is 0 Å². The first-order valence-corrected chi connectivity index (χ1v) is 29.8. The molecule has 1 aromatic carbocycles. The molecule has 0 radical (unpaired) electrons. The molecule has 1 spiro atoms. The Bertz CT molecular complexity index is 2690. The number of aliphatic hydroxyl groups excluding tert-OH is 1. The van der Waals surface area contributed by atoms with Gasteiger partial charge in [-0.25, -0.2) is 9.59 Å². The molecule has 10 N–H and O–H groups in total. The summed E-state index contributed by atoms with van der Waals surface area (Å²) in [5, 5.41) is 30.8. The van der Waals surface area contributed by atoms with Crippen LogP contribution >= 0.6 is 0 Å². The number of amides is 10. The number of carbonyl (C=O) groups excluding carboxylic acids is 10. The number of nitrogens with two attached hydrogens (primary N) is 1. The van der Waals surface area contributed by atoms with Gasteiger partial charge in [-0.1, -0.05) is 63.1 Å². The van der Waals surface area contributed by atoms with Crippen LogP contribution < -0.4 is 43.0 Å². The molecule has 0 aromatic heterocycles. The van der Waals surface area contributed by atoms with Crippen molar-refractivity contribution in [3.63, 3.8) is 0 Å². The number of hydrogen-bond donors (Lipinski definition) is 9. The molecule has 1 saturated carbocycles. The lowest BCUT2D eigenvalue weighted by Crippen LogP contribution is -2.55. The monoisotopic (exact) mass is 1200 g/mol. The number of rotatable bonds is 30. The Morgan fingerprint density at radius 1 is 0.849 bits per heavy atom. The van der Waals surface area contributed by atoms with Gasteiger partial charge in [-0.2, -0.15) is 0 Å². The van der Waals surface area contributed by atoms with Crippen LogP contribution in [0.15, 0.2) is 72.4 Å². The Hall–Kier alpha value is -7.48. The van der Waals surface area contributed by atoms with E-state index in [1.807, 2.05) is 19.9 Å². The number of ether oxygens (including phenoxy) is 5. The van der Waals surface area contributed by atoms with Gasteiger partial charge >= 0.3 is 18.1 Å². The van der Waals surface area contributed by atoms with E-state index < -0.39 is 72.0 Å². The van der Waals surface area contributed by atoms with Crippen LogP contribution in [-0.4, -0.2) is 162 Å². The average molecular weight is 1200 g/mol. The number of nitrogens with zero attached hydrogens (tertiary/aromatic N) is 1. The Morgan fingerprint density at radius 2 is 1.55 bits per heavy atom. The second kappa shape index (κ2) is 32.3. The average Bonchev–Trinajstić information content (AvgIpc) is 1.64. The van der Waals surface area contributed by atoms with Crippen LogP contribution in [0, 0.1) is 11.8 Å². The molecule has 3 saturated heterocycles. The van der Waals surface area contributed by atoms with Gasteiger partial charge in [-0.3, -0.25) is 43.3 Å². The molecule has 0 bridgehead atoms. The fraction of sp³-hybridized carbons (Fsp3) is 0.607. The van der Waals surface area contributed by atoms with E-state index in [1.54, 1.807) is 51.1 Å². The molecule has 1 aliphatic carbocycles. The van der Waals surface area contributed by atoms with E-state index in [9.17, 15) is 53.1 Å². The third-order valence-electron chi connectivity index (χ3n) is 15.8. The second-order valence-electron chi connectivity index (χ2n) is 23.4. The summed E-state index contributed by atoms with van der Waals surface area (Å²) in [7, 11) is 0. The lowest BCUT2D eigenvalue weighted by atomic mass is 9.85. The van der Waals surface area contributed by atoms with Crippen LogP contribution in [0.2, 0.25) is 0 Å². The molecule has 11 atom stereocenters. The molecule has 25 nitrogen and oxygen atoms in total. The number of benzene rings is 1. The largest absolute Gasteiger partial charge is 0.459 e. The summed E-state index contributed by atoms with van der Waals surface area (Å²) < 4.78 is 28.8. The van der Waals surface area contributed by atoms with Gasteiger partial charge in [0.15, 0.2) is 0 Å². The number of primary amides is 1. The standard InChI is InChI=1S/C61H87N9O16/c1-35(2)55(69-50(72)13-9-8-10-27-70-53(75)24-25-54(70)76)58(79)68-46(12-11-26-63-59(62)80)57(78)65-42-19-17-41(18-20-42)33-82-60(81)66-44-29-43(30-44)64-52(74)31-45-32-61(34-83-61)56(77)49(86-45)22-15-36(3)14-21-48-37(4)28-47(39(6)85-48)67-51(73)23-16-38(5)84-40(7)71/h14-20,22-25,35,37-39,43-49,55-56,77H,8-13,21,26-34H2,1-7H3,(H,64,74)(H,65,78)(H,66,81)(H,67,73)(H,68,79)(H,69,72)(H3,62,63,80)/t37-,38-,39+,43-,44-,45+,46-,47+,48-,49+,55-,56+,61+/m0/s1. The first kappa shape index (κ1) is 67.6. The molecule has 5 aliphatic rings. The summed E-state index contributed by atoms with van der Waals surface area (Å²) in [6, 6.07) is 3.19. The van der Waals surface area contributed by atoms with Crippen molar-refractivity contribution in [3.05, 3.63) is 77.9 Å². The zero-order chi connectivity index (χ0) is 62.7. The van der Waals surface area contributed by atoms with Crippen molar-refractivity contribution < 1.29 is 76.7 Å². The van der Waals surface area contributed by atoms with Crippen LogP contribution in [0.1, 0.15) is 131 Å². The summed E-state index contributed by atoms with van der Waals surface area (Å²) in [5.74, 6) is -3.36. The van der Waals surface area contributed by atoms with E-state index >= 15 is 0 Å². The predicted molar refractivity (Wildman–Crippen MR) is 314 cm³/mol. The molecule has 472 valence electrons. The number of epoxide rings is 1. The fourth-order valence-corrected chi connectivity index (χ4v) is 10.7. The molecule has 4 fully saturated rings. The molecule has 6 rings (SSSR count). The second-order valence-corrected chi connectivity index (χ2v) is 23.4. The zero-order valence-corrected chi connectivity index (χ0v) is 50.3. The summed E-state index contributed by atoms with van der Waals surface area (Å²) in [6.45, 7) is 13.1. The first-order valence-electron chi connectivity index (χ1n) is 29.8. The normalized spacial score (nSPS) is 26.3. The van der Waals surface area contributed by atoms with Crippen molar-refractivity contribution in [1.29, 1.82) is 0 Å². The van der Waals surface area contributed by atoms with Crippen molar-refractivity contribution in [3.8, 4) is 0 Å². The van der Waals surface area contributed by atoms with Gasteiger partial charge in [0.25, 0.3) is 11.8 Å². The number of anilines is 1. The smallest absolute Gasteiger partial charge is 0.407 e. The SMILES string of the molecule is CC(=O)O[C@@H](C)C=CC(=O)N[C@@H]1C[C@H](C)[C@H](CC=C(C)C=C[C@H]2O[C@H](CC(=O)N[C@H]3C[C@H](NC(=O)OCc4ccc(NC(=O)[C@H](CCCNC(N)=O)NC(=O)[C@@H](NC(=O)CCCCCN5C(=O)C=CC5=O)C(C)C)cc4)C3)C[C@@]3(CO3)[C@@H]2O)O[C@@H]1C. The highest BCUT2D eigenvalue weighted by Gasteiger charge is 2.58. The lowest BCUT2D eigenvalue weighted by Gasteiger charge is -2.39.